The molecule has 6 nitrogen and oxygen atoms in total. The molecule has 0 saturated carbocycles. The molecule has 0 radical (unpaired) electrons. The van der Waals surface area contributed by atoms with Crippen LogP contribution in [0.25, 0.3) is 5.57 Å². The van der Waals surface area contributed by atoms with Crippen LogP contribution in [0.4, 0.5) is 18.9 Å². The zero-order chi connectivity index (χ0) is 24.0. The van der Waals surface area contributed by atoms with Gasteiger partial charge in [0.1, 0.15) is 11.4 Å². The standard InChI is InChI=1S/C24H22F3N3O3/c1-23(2,33)15-8-9-16-20(14-7-6-13(10-11-31)12-18(14)28-16)21(15)30-22(32)17-4-3-5-19(29-17)24(25,26)27/h3-9,12-13,31,33H,10-11H2,1-2H3,(H,30,32). The molecule has 4 rings (SSSR count). The Kier molecular flexibility index (Phi) is 5.71. The van der Waals surface area contributed by atoms with Crippen molar-refractivity contribution in [1.82, 2.24) is 4.98 Å². The first kappa shape index (κ1) is 22.9. The summed E-state index contributed by atoms with van der Waals surface area (Å²) in [5, 5.41) is 23.8. The molecule has 0 fully saturated rings. The topological polar surface area (TPSA) is 94.8 Å². The molecule has 0 saturated heterocycles. The monoisotopic (exact) mass is 457 g/mol. The summed E-state index contributed by atoms with van der Waals surface area (Å²) in [6.07, 6.45) is 1.52. The summed E-state index contributed by atoms with van der Waals surface area (Å²) in [7, 11) is 0. The van der Waals surface area contributed by atoms with E-state index >= 15 is 0 Å². The Morgan fingerprint density at radius 3 is 2.61 bits per heavy atom. The van der Waals surface area contributed by atoms with Crippen molar-refractivity contribution in [2.45, 2.75) is 32.0 Å². The average Bonchev–Trinajstić information content (AvgIpc) is 3.11. The number of alkyl halides is 3. The summed E-state index contributed by atoms with van der Waals surface area (Å²) in [5.41, 5.74) is -0.890. The van der Waals surface area contributed by atoms with Crippen molar-refractivity contribution in [3.8, 4) is 0 Å². The Bertz CT molecular complexity index is 1300. The summed E-state index contributed by atoms with van der Waals surface area (Å²) >= 11 is 0. The molecule has 1 unspecified atom stereocenters. The maximum Gasteiger partial charge on any atom is 0.433 e. The van der Waals surface area contributed by atoms with Gasteiger partial charge in [0.05, 0.1) is 22.3 Å². The lowest BCUT2D eigenvalue weighted by Gasteiger charge is -2.22. The first-order valence-electron chi connectivity index (χ1n) is 10.3. The van der Waals surface area contributed by atoms with E-state index in [-0.39, 0.29) is 18.2 Å². The van der Waals surface area contributed by atoms with Crippen LogP contribution in [-0.4, -0.2) is 27.7 Å². The van der Waals surface area contributed by atoms with Crippen LogP contribution in [0, 0.1) is 5.92 Å². The third kappa shape index (κ3) is 4.46. The zero-order valence-corrected chi connectivity index (χ0v) is 17.9. The van der Waals surface area contributed by atoms with Gasteiger partial charge in [-0.3, -0.25) is 4.79 Å². The SMILES string of the molecule is CC(C)(O)c1ccc2c(c1NC(=O)c1cccc(C(F)(F)F)n1)=C1C=CC(CCO)C=C1N=2. The van der Waals surface area contributed by atoms with E-state index in [0.29, 0.717) is 28.3 Å². The number of nitrogens with one attached hydrogen (secondary N) is 1. The average molecular weight is 457 g/mol. The van der Waals surface area contributed by atoms with E-state index in [1.807, 2.05) is 18.2 Å². The highest BCUT2D eigenvalue weighted by molar-refractivity contribution is 6.04. The number of nitrogens with zero attached hydrogens (tertiary/aromatic N) is 2. The Labute approximate surface area is 187 Å². The van der Waals surface area contributed by atoms with Gasteiger partial charge in [-0.15, -0.1) is 0 Å². The minimum absolute atomic E-state index is 0.00733. The molecule has 33 heavy (non-hydrogen) atoms. The lowest BCUT2D eigenvalue weighted by atomic mass is 9.91. The third-order valence-corrected chi connectivity index (χ3v) is 5.48. The van der Waals surface area contributed by atoms with E-state index in [1.165, 1.54) is 6.07 Å². The molecule has 0 bridgehead atoms. The largest absolute Gasteiger partial charge is 0.433 e. The molecule has 1 amide bonds. The predicted molar refractivity (Wildman–Crippen MR) is 115 cm³/mol. The number of hydrogen-bond acceptors (Lipinski definition) is 5. The molecule has 9 heteroatoms. The fourth-order valence-electron chi connectivity index (χ4n) is 3.91. The smallest absolute Gasteiger partial charge is 0.396 e. The van der Waals surface area contributed by atoms with Crippen LogP contribution < -0.4 is 15.9 Å². The number of rotatable bonds is 5. The van der Waals surface area contributed by atoms with Crippen molar-refractivity contribution < 1.29 is 28.2 Å². The van der Waals surface area contributed by atoms with Crippen LogP contribution in [-0.2, 0) is 11.8 Å². The van der Waals surface area contributed by atoms with E-state index in [9.17, 15) is 28.2 Å². The summed E-state index contributed by atoms with van der Waals surface area (Å²) in [6, 6.07) is 6.46. The molecular weight excluding hydrogens is 435 g/mol. The molecule has 3 N–H and O–H groups in total. The Hall–Kier alpha value is -3.30. The number of benzene rings is 1. The Morgan fingerprint density at radius 2 is 1.94 bits per heavy atom. The number of amides is 1. The first-order valence-corrected chi connectivity index (χ1v) is 10.3. The van der Waals surface area contributed by atoms with Gasteiger partial charge in [-0.05, 0) is 44.4 Å². The van der Waals surface area contributed by atoms with Crippen LogP contribution in [0.15, 0.2) is 59.2 Å². The van der Waals surface area contributed by atoms with Gasteiger partial charge in [0.2, 0.25) is 0 Å². The molecule has 2 aliphatic rings. The van der Waals surface area contributed by atoms with Gasteiger partial charge in [0.15, 0.2) is 0 Å². The number of anilines is 1. The zero-order valence-electron chi connectivity index (χ0n) is 17.9. The summed E-state index contributed by atoms with van der Waals surface area (Å²) in [6.45, 7) is 3.12. The number of allylic oxidation sites excluding steroid dienone is 3. The van der Waals surface area contributed by atoms with Gasteiger partial charge in [-0.2, -0.15) is 13.2 Å². The second-order valence-corrected chi connectivity index (χ2v) is 8.41. The fourth-order valence-corrected chi connectivity index (χ4v) is 3.91. The van der Waals surface area contributed by atoms with Crippen LogP contribution in [0.2, 0.25) is 0 Å². The van der Waals surface area contributed by atoms with Crippen LogP contribution in [0.5, 0.6) is 0 Å². The molecular formula is C24H22F3N3O3. The number of aliphatic hydroxyl groups is 2. The number of aromatic nitrogens is 1. The highest BCUT2D eigenvalue weighted by atomic mass is 19.4. The molecule has 2 aromatic rings. The lowest BCUT2D eigenvalue weighted by Crippen LogP contribution is -2.34. The number of pyridine rings is 1. The number of fused-ring (bicyclic) bond motifs is 2. The highest BCUT2D eigenvalue weighted by Gasteiger charge is 2.33. The van der Waals surface area contributed by atoms with Crippen molar-refractivity contribution in [2.24, 2.45) is 10.9 Å². The molecule has 0 spiro atoms. The van der Waals surface area contributed by atoms with Gasteiger partial charge >= 0.3 is 6.18 Å². The number of halogens is 3. The van der Waals surface area contributed by atoms with Crippen LogP contribution in [0.3, 0.4) is 0 Å². The molecule has 172 valence electrons. The summed E-state index contributed by atoms with van der Waals surface area (Å²) < 4.78 is 39.2. The van der Waals surface area contributed by atoms with E-state index < -0.39 is 29.1 Å². The number of aliphatic hydroxyl groups excluding tert-OH is 1. The van der Waals surface area contributed by atoms with E-state index in [4.69, 9.17) is 0 Å². The van der Waals surface area contributed by atoms with E-state index in [0.717, 1.165) is 17.7 Å². The summed E-state index contributed by atoms with van der Waals surface area (Å²) in [5.74, 6) is -0.830. The van der Waals surface area contributed by atoms with Gasteiger partial charge in [-0.1, -0.05) is 30.4 Å². The van der Waals surface area contributed by atoms with Crippen molar-refractivity contribution in [3.05, 3.63) is 81.8 Å². The van der Waals surface area contributed by atoms with E-state index in [1.54, 1.807) is 26.0 Å². The quantitative estimate of drug-likeness (QED) is 0.644. The van der Waals surface area contributed by atoms with Gasteiger partial charge < -0.3 is 15.5 Å². The maximum atomic E-state index is 13.1. The molecule has 1 aliphatic heterocycles. The second kappa shape index (κ2) is 8.24. The number of hydrogen-bond donors (Lipinski definition) is 3. The molecule has 1 aromatic heterocycles. The minimum atomic E-state index is -4.69. The van der Waals surface area contributed by atoms with Gasteiger partial charge in [0.25, 0.3) is 5.91 Å². The lowest BCUT2D eigenvalue weighted by molar-refractivity contribution is -0.141. The number of carbonyl (C=O) groups is 1. The normalized spacial score (nSPS) is 17.2. The van der Waals surface area contributed by atoms with Crippen molar-refractivity contribution in [1.29, 1.82) is 0 Å². The first-order chi connectivity index (χ1) is 15.5. The minimum Gasteiger partial charge on any atom is -0.396 e. The maximum absolute atomic E-state index is 13.1. The molecule has 1 atom stereocenters. The molecule has 2 heterocycles. The highest BCUT2D eigenvalue weighted by Crippen LogP contribution is 2.31. The van der Waals surface area contributed by atoms with Gasteiger partial charge in [-0.25, -0.2) is 9.98 Å². The van der Waals surface area contributed by atoms with Crippen LogP contribution in [0.1, 0.15) is 42.0 Å². The Balaban J connectivity index is 1.84. The fraction of sp³-hybridized carbons (Fsp3) is 0.292. The molecule has 1 aliphatic carbocycles. The second-order valence-electron chi connectivity index (χ2n) is 8.41. The Morgan fingerprint density at radius 1 is 1.18 bits per heavy atom. The van der Waals surface area contributed by atoms with Crippen molar-refractivity contribution in [2.75, 3.05) is 11.9 Å². The summed E-state index contributed by atoms with van der Waals surface area (Å²) in [4.78, 5) is 21.0. The number of carbonyl (C=O) groups excluding carboxylic acids is 1. The van der Waals surface area contributed by atoms with Crippen LogP contribution >= 0.6 is 0 Å². The molecule has 1 aromatic carbocycles. The third-order valence-electron chi connectivity index (χ3n) is 5.48. The van der Waals surface area contributed by atoms with E-state index in [2.05, 4.69) is 15.3 Å². The van der Waals surface area contributed by atoms with Gasteiger partial charge in [0, 0.05) is 23.0 Å². The van der Waals surface area contributed by atoms with Crippen molar-refractivity contribution >= 4 is 17.2 Å². The van der Waals surface area contributed by atoms with Crippen molar-refractivity contribution in [3.63, 3.8) is 0 Å². The predicted octanol–water partition coefficient (Wildman–Crippen LogP) is 2.82.